The Balaban J connectivity index is 1.42. The van der Waals surface area contributed by atoms with Gasteiger partial charge in [-0.25, -0.2) is 15.0 Å². The van der Waals surface area contributed by atoms with E-state index in [1.165, 1.54) is 12.3 Å². The summed E-state index contributed by atoms with van der Waals surface area (Å²) in [5.74, 6) is 0.748. The van der Waals surface area contributed by atoms with Crippen LogP contribution in [-0.2, 0) is 24.1 Å². The number of aryl methyl sites for hydroxylation is 1. The molecule has 0 unspecified atom stereocenters. The van der Waals surface area contributed by atoms with E-state index in [2.05, 4.69) is 20.2 Å². The zero-order valence-corrected chi connectivity index (χ0v) is 17.0. The van der Waals surface area contributed by atoms with Gasteiger partial charge in [0.15, 0.2) is 11.6 Å². The predicted molar refractivity (Wildman–Crippen MR) is 113 cm³/mol. The van der Waals surface area contributed by atoms with Crippen LogP contribution in [0.2, 0.25) is 0 Å². The molecular weight excluding hydrogens is 397 g/mol. The molecule has 0 spiro atoms. The molecule has 0 aliphatic heterocycles. The minimum Gasteiger partial charge on any atom is -0.352 e. The Morgan fingerprint density at radius 3 is 2.90 bits per heavy atom. The van der Waals surface area contributed by atoms with Crippen molar-refractivity contribution in [2.24, 2.45) is 0 Å². The van der Waals surface area contributed by atoms with Gasteiger partial charge in [-0.3, -0.25) is 14.9 Å². The van der Waals surface area contributed by atoms with Gasteiger partial charge < -0.3 is 4.90 Å². The van der Waals surface area contributed by atoms with E-state index in [0.29, 0.717) is 17.1 Å². The number of Topliss-reactive ketones (excluding diaryl/α,β-unsaturated/α-hetero) is 1. The molecule has 5 rings (SSSR count). The van der Waals surface area contributed by atoms with Crippen molar-refractivity contribution in [3.8, 4) is 11.5 Å². The number of fused-ring (bicyclic) bond motifs is 2. The maximum atomic E-state index is 13.0. The molecule has 0 bridgehead atoms. The van der Waals surface area contributed by atoms with E-state index >= 15 is 0 Å². The summed E-state index contributed by atoms with van der Waals surface area (Å²) in [5.41, 5.74) is 4.30. The summed E-state index contributed by atoms with van der Waals surface area (Å²) < 4.78 is 13.0. The van der Waals surface area contributed by atoms with Crippen molar-refractivity contribution in [1.82, 2.24) is 30.1 Å². The van der Waals surface area contributed by atoms with E-state index in [1.807, 2.05) is 18.0 Å². The average Bonchev–Trinajstić information content (AvgIpc) is 3.43. The highest BCUT2D eigenvalue weighted by Gasteiger charge is 2.23. The third-order valence-corrected chi connectivity index (χ3v) is 5.43. The molecule has 4 heterocycles. The predicted octanol–water partition coefficient (Wildman–Crippen LogP) is 2.69. The lowest BCUT2D eigenvalue weighted by molar-refractivity contribution is -0.117. The van der Waals surface area contributed by atoms with Gasteiger partial charge in [-0.15, -0.1) is 0 Å². The second-order valence-electron chi connectivity index (χ2n) is 7.74. The topological polar surface area (TPSA) is 101 Å². The maximum Gasteiger partial charge on any atom is 0.212 e. The third kappa shape index (κ3) is 3.86. The first-order valence-electron chi connectivity index (χ1n) is 10.1. The van der Waals surface area contributed by atoms with Gasteiger partial charge in [-0.2, -0.15) is 9.49 Å². The molecule has 156 valence electrons. The maximum absolute atomic E-state index is 13.0. The zero-order valence-electron chi connectivity index (χ0n) is 17.0. The van der Waals surface area contributed by atoms with E-state index in [9.17, 15) is 9.18 Å². The molecule has 31 heavy (non-hydrogen) atoms. The Morgan fingerprint density at radius 2 is 2.06 bits per heavy atom. The zero-order chi connectivity index (χ0) is 21.4. The normalized spacial score (nSPS) is 12.8. The highest BCUT2D eigenvalue weighted by atomic mass is 19.1. The number of nitrogens with one attached hydrogen (secondary N) is 1. The third-order valence-electron chi connectivity index (χ3n) is 5.43. The number of aromatic nitrogens is 6. The Labute approximate surface area is 177 Å². The molecule has 4 aromatic rings. The van der Waals surface area contributed by atoms with Crippen molar-refractivity contribution in [3.63, 3.8) is 0 Å². The molecule has 0 fully saturated rings. The number of carbonyl (C=O) groups excluding carboxylic acids is 1. The van der Waals surface area contributed by atoms with Crippen LogP contribution in [0.3, 0.4) is 0 Å². The van der Waals surface area contributed by atoms with E-state index in [0.717, 1.165) is 47.2 Å². The molecule has 1 aliphatic rings. The fourth-order valence-electron chi connectivity index (χ4n) is 3.94. The minimum atomic E-state index is -0.556. The van der Waals surface area contributed by atoms with E-state index in [4.69, 9.17) is 9.97 Å². The summed E-state index contributed by atoms with van der Waals surface area (Å²) in [4.78, 5) is 32.1. The first kappa shape index (κ1) is 19.2. The fourth-order valence-corrected chi connectivity index (χ4v) is 3.94. The van der Waals surface area contributed by atoms with E-state index in [1.54, 1.807) is 18.5 Å². The van der Waals surface area contributed by atoms with Crippen LogP contribution in [-0.4, -0.2) is 49.5 Å². The van der Waals surface area contributed by atoms with E-state index < -0.39 is 5.95 Å². The van der Waals surface area contributed by atoms with Crippen molar-refractivity contribution < 1.29 is 9.18 Å². The lowest BCUT2D eigenvalue weighted by Crippen LogP contribution is -2.28. The number of hydrogen-bond donors (Lipinski definition) is 1. The number of hydrogen-bond acceptors (Lipinski definition) is 7. The van der Waals surface area contributed by atoms with Crippen molar-refractivity contribution >= 4 is 22.5 Å². The molecule has 1 aliphatic carbocycles. The minimum absolute atomic E-state index is 0.000703. The lowest BCUT2D eigenvalue weighted by atomic mass is 10.1. The van der Waals surface area contributed by atoms with Crippen molar-refractivity contribution in [2.45, 2.75) is 25.7 Å². The number of aromatic amines is 1. The number of H-pyrrole nitrogens is 1. The Kier molecular flexibility index (Phi) is 4.85. The number of anilines is 1. The van der Waals surface area contributed by atoms with Crippen molar-refractivity contribution in [2.75, 3.05) is 18.5 Å². The SMILES string of the molecule is CN(CC(=O)Cc1ccc(F)nc1)c1nc(-c2cc3cn[nH]c3cn2)nc2c1CCC2. The molecule has 9 heteroatoms. The van der Waals surface area contributed by atoms with Gasteiger partial charge >= 0.3 is 0 Å². The van der Waals surface area contributed by atoms with Gasteiger partial charge in [0.25, 0.3) is 0 Å². The van der Waals surface area contributed by atoms with Gasteiger partial charge in [0.2, 0.25) is 5.95 Å². The Morgan fingerprint density at radius 1 is 1.16 bits per heavy atom. The molecule has 0 atom stereocenters. The first-order valence-corrected chi connectivity index (χ1v) is 10.1. The summed E-state index contributed by atoms with van der Waals surface area (Å²) in [6, 6.07) is 4.75. The quantitative estimate of drug-likeness (QED) is 0.481. The summed E-state index contributed by atoms with van der Waals surface area (Å²) in [5, 5.41) is 7.86. The molecular formula is C22H20FN7O. The highest BCUT2D eigenvalue weighted by Crippen LogP contribution is 2.31. The molecule has 0 saturated heterocycles. The number of rotatable bonds is 6. The number of pyridine rings is 2. The molecule has 1 N–H and O–H groups in total. The van der Waals surface area contributed by atoms with Crippen LogP contribution in [0.4, 0.5) is 10.2 Å². The molecule has 0 aromatic carbocycles. The van der Waals surface area contributed by atoms with Crippen LogP contribution in [0.15, 0.2) is 36.8 Å². The highest BCUT2D eigenvalue weighted by molar-refractivity contribution is 5.85. The number of nitrogens with zero attached hydrogens (tertiary/aromatic N) is 6. The van der Waals surface area contributed by atoms with Crippen molar-refractivity contribution in [3.05, 3.63) is 59.6 Å². The van der Waals surface area contributed by atoms with Crippen LogP contribution in [0.1, 0.15) is 23.2 Å². The molecule has 0 amide bonds. The Bertz CT molecular complexity index is 1270. The second-order valence-corrected chi connectivity index (χ2v) is 7.74. The fraction of sp³-hybridized carbons (Fsp3) is 0.273. The van der Waals surface area contributed by atoms with Crippen LogP contribution >= 0.6 is 0 Å². The van der Waals surface area contributed by atoms with Crippen LogP contribution < -0.4 is 4.90 Å². The Hall–Kier alpha value is -3.75. The van der Waals surface area contributed by atoms with Crippen LogP contribution in [0.25, 0.3) is 22.4 Å². The van der Waals surface area contributed by atoms with Gasteiger partial charge in [0.1, 0.15) is 11.5 Å². The molecule has 0 saturated carbocycles. The van der Waals surface area contributed by atoms with Crippen molar-refractivity contribution in [1.29, 1.82) is 0 Å². The van der Waals surface area contributed by atoms with Crippen LogP contribution in [0, 0.1) is 5.95 Å². The second kappa shape index (κ2) is 7.82. The van der Waals surface area contributed by atoms with E-state index in [-0.39, 0.29) is 18.7 Å². The average molecular weight is 417 g/mol. The van der Waals surface area contributed by atoms with Gasteiger partial charge in [0, 0.05) is 36.3 Å². The lowest BCUT2D eigenvalue weighted by Gasteiger charge is -2.21. The summed E-state index contributed by atoms with van der Waals surface area (Å²) in [6.45, 7) is 0.189. The molecule has 4 aromatic heterocycles. The monoisotopic (exact) mass is 417 g/mol. The molecule has 8 nitrogen and oxygen atoms in total. The first-order chi connectivity index (χ1) is 15.1. The number of ketones is 1. The summed E-state index contributed by atoms with van der Waals surface area (Å²) in [6.07, 6.45) is 7.83. The summed E-state index contributed by atoms with van der Waals surface area (Å²) in [7, 11) is 1.86. The largest absolute Gasteiger partial charge is 0.352 e. The summed E-state index contributed by atoms with van der Waals surface area (Å²) >= 11 is 0. The smallest absolute Gasteiger partial charge is 0.212 e. The number of likely N-dealkylation sites (N-methyl/N-ethyl adjacent to an activating group) is 1. The molecule has 0 radical (unpaired) electrons. The van der Waals surface area contributed by atoms with Crippen LogP contribution in [0.5, 0.6) is 0 Å². The van der Waals surface area contributed by atoms with Gasteiger partial charge in [-0.1, -0.05) is 6.07 Å². The standard InChI is InChI=1S/C22H20FN7O/c1-30(12-15(31)7-13-5-6-20(23)25-9-13)22-16-3-2-4-17(16)27-21(28-22)18-8-14-10-26-29-19(14)11-24-18/h5-6,8-11H,2-4,7,12H2,1H3,(H,26,29). The number of halogens is 1. The number of carbonyl (C=O) groups is 1. The van der Waals surface area contributed by atoms with Gasteiger partial charge in [0.05, 0.1) is 24.5 Å². The van der Waals surface area contributed by atoms with Gasteiger partial charge in [-0.05, 0) is 37.0 Å².